The summed E-state index contributed by atoms with van der Waals surface area (Å²) in [5.41, 5.74) is -0.137. The number of rotatable bonds is 3. The molecule has 2 rings (SSSR count). The van der Waals surface area contributed by atoms with Crippen LogP contribution in [-0.2, 0) is 4.74 Å². The minimum absolute atomic E-state index is 0.137. The van der Waals surface area contributed by atoms with Crippen molar-refractivity contribution >= 4 is 5.97 Å². The van der Waals surface area contributed by atoms with Gasteiger partial charge in [-0.05, 0) is 25.0 Å². The van der Waals surface area contributed by atoms with Crippen LogP contribution in [-0.4, -0.2) is 29.1 Å². The molecule has 5 nitrogen and oxygen atoms in total. The normalized spacial score (nSPS) is 19.9. The van der Waals surface area contributed by atoms with E-state index in [-0.39, 0.29) is 17.6 Å². The molecule has 1 fully saturated rings. The maximum atomic E-state index is 10.7. The molecule has 0 aliphatic carbocycles. The van der Waals surface area contributed by atoms with Crippen LogP contribution in [0.3, 0.4) is 0 Å². The second-order valence-corrected chi connectivity index (χ2v) is 3.90. The van der Waals surface area contributed by atoms with Crippen molar-refractivity contribution in [2.75, 3.05) is 6.61 Å². The number of hydrogen-bond acceptors (Lipinski definition) is 4. The highest BCUT2D eigenvalue weighted by Crippen LogP contribution is 2.26. The van der Waals surface area contributed by atoms with Crippen molar-refractivity contribution in [3.63, 3.8) is 0 Å². The molecule has 0 aromatic heterocycles. The van der Waals surface area contributed by atoms with Gasteiger partial charge in [0.2, 0.25) is 0 Å². The summed E-state index contributed by atoms with van der Waals surface area (Å²) in [5.74, 6) is -1.05. The summed E-state index contributed by atoms with van der Waals surface area (Å²) in [5, 5.41) is 18.2. The summed E-state index contributed by atoms with van der Waals surface area (Å²) in [4.78, 5) is 10.7. The van der Waals surface area contributed by atoms with Gasteiger partial charge in [0.1, 0.15) is 17.1 Å². The Kier molecular flexibility index (Phi) is 3.49. The van der Waals surface area contributed by atoms with Gasteiger partial charge in [-0.25, -0.2) is 4.79 Å². The Morgan fingerprint density at radius 1 is 1.41 bits per heavy atom. The van der Waals surface area contributed by atoms with Crippen LogP contribution in [0.5, 0.6) is 11.5 Å². The second kappa shape index (κ2) is 5.05. The van der Waals surface area contributed by atoms with Gasteiger partial charge >= 0.3 is 5.97 Å². The van der Waals surface area contributed by atoms with E-state index in [9.17, 15) is 9.90 Å². The molecule has 1 aromatic carbocycles. The first-order valence-corrected chi connectivity index (χ1v) is 5.51. The van der Waals surface area contributed by atoms with E-state index in [1.54, 1.807) is 0 Å². The van der Waals surface area contributed by atoms with Gasteiger partial charge in [-0.2, -0.15) is 0 Å². The van der Waals surface area contributed by atoms with Gasteiger partial charge in [0.15, 0.2) is 6.29 Å². The van der Waals surface area contributed by atoms with E-state index >= 15 is 0 Å². The number of benzene rings is 1. The fourth-order valence-corrected chi connectivity index (χ4v) is 1.72. The molecule has 5 heteroatoms. The molecular formula is C12H14O5. The zero-order chi connectivity index (χ0) is 12.3. The van der Waals surface area contributed by atoms with Gasteiger partial charge < -0.3 is 19.7 Å². The van der Waals surface area contributed by atoms with E-state index in [0.29, 0.717) is 12.4 Å². The summed E-state index contributed by atoms with van der Waals surface area (Å²) in [7, 11) is 0. The highest BCUT2D eigenvalue weighted by molar-refractivity contribution is 5.90. The Balaban J connectivity index is 2.06. The zero-order valence-corrected chi connectivity index (χ0v) is 9.26. The van der Waals surface area contributed by atoms with Crippen LogP contribution in [0.1, 0.15) is 29.6 Å². The number of carbonyl (C=O) groups is 1. The average molecular weight is 238 g/mol. The molecule has 1 unspecified atom stereocenters. The molecule has 0 radical (unpaired) electrons. The van der Waals surface area contributed by atoms with Crippen molar-refractivity contribution in [3.8, 4) is 11.5 Å². The highest BCUT2D eigenvalue weighted by atomic mass is 16.7. The highest BCUT2D eigenvalue weighted by Gasteiger charge is 2.16. The molecule has 1 aromatic rings. The number of carboxylic acid groups (broad SMARTS) is 1. The number of hydrogen-bond donors (Lipinski definition) is 2. The van der Waals surface area contributed by atoms with Crippen molar-refractivity contribution in [2.24, 2.45) is 0 Å². The van der Waals surface area contributed by atoms with E-state index < -0.39 is 5.97 Å². The maximum absolute atomic E-state index is 10.7. The van der Waals surface area contributed by atoms with Gasteiger partial charge in [-0.15, -0.1) is 0 Å². The van der Waals surface area contributed by atoms with Crippen LogP contribution >= 0.6 is 0 Å². The molecule has 0 amide bonds. The van der Waals surface area contributed by atoms with Crippen molar-refractivity contribution < 1.29 is 24.5 Å². The Labute approximate surface area is 98.6 Å². The number of phenols is 1. The Morgan fingerprint density at radius 2 is 2.24 bits per heavy atom. The summed E-state index contributed by atoms with van der Waals surface area (Å²) in [6, 6.07) is 4.12. The first-order valence-electron chi connectivity index (χ1n) is 5.51. The van der Waals surface area contributed by atoms with Gasteiger partial charge in [0.05, 0.1) is 6.61 Å². The largest absolute Gasteiger partial charge is 0.507 e. The Morgan fingerprint density at radius 3 is 2.82 bits per heavy atom. The van der Waals surface area contributed by atoms with Crippen molar-refractivity contribution in [3.05, 3.63) is 23.8 Å². The first kappa shape index (κ1) is 11.7. The third kappa shape index (κ3) is 2.88. The van der Waals surface area contributed by atoms with Crippen molar-refractivity contribution in [2.45, 2.75) is 25.6 Å². The lowest BCUT2D eigenvalue weighted by molar-refractivity contribution is -0.105. The topological polar surface area (TPSA) is 76.0 Å². The molecule has 0 spiro atoms. The van der Waals surface area contributed by atoms with Gasteiger partial charge in [-0.3, -0.25) is 0 Å². The van der Waals surface area contributed by atoms with Crippen molar-refractivity contribution in [1.82, 2.24) is 0 Å². The monoisotopic (exact) mass is 238 g/mol. The van der Waals surface area contributed by atoms with Crippen LogP contribution in [0.4, 0.5) is 0 Å². The number of ether oxygens (including phenoxy) is 2. The van der Waals surface area contributed by atoms with Crippen LogP contribution < -0.4 is 4.74 Å². The SMILES string of the molecule is O=C(O)c1ccc(OC2CCCCO2)cc1O. The van der Waals surface area contributed by atoms with Crippen LogP contribution in [0.2, 0.25) is 0 Å². The van der Waals surface area contributed by atoms with Crippen molar-refractivity contribution in [1.29, 1.82) is 0 Å². The van der Waals surface area contributed by atoms with Gasteiger partial charge in [-0.1, -0.05) is 0 Å². The molecule has 0 saturated carbocycles. The molecule has 92 valence electrons. The third-order valence-corrected chi connectivity index (χ3v) is 2.61. The van der Waals surface area contributed by atoms with E-state index in [2.05, 4.69) is 0 Å². The lowest BCUT2D eigenvalue weighted by atomic mass is 10.2. The summed E-state index contributed by atoms with van der Waals surface area (Å²) < 4.78 is 10.9. The van der Waals surface area contributed by atoms with E-state index in [0.717, 1.165) is 19.3 Å². The summed E-state index contributed by atoms with van der Waals surface area (Å²) in [6.45, 7) is 0.670. The smallest absolute Gasteiger partial charge is 0.339 e. The van der Waals surface area contributed by atoms with E-state index in [4.69, 9.17) is 14.6 Å². The van der Waals surface area contributed by atoms with E-state index in [1.807, 2.05) is 0 Å². The Hall–Kier alpha value is -1.75. The van der Waals surface area contributed by atoms with Crippen LogP contribution in [0.25, 0.3) is 0 Å². The average Bonchev–Trinajstić information content (AvgIpc) is 2.30. The molecule has 17 heavy (non-hydrogen) atoms. The molecule has 1 heterocycles. The molecule has 1 aliphatic rings. The molecular weight excluding hydrogens is 224 g/mol. The molecule has 1 atom stereocenters. The fraction of sp³-hybridized carbons (Fsp3) is 0.417. The number of aromatic carboxylic acids is 1. The zero-order valence-electron chi connectivity index (χ0n) is 9.26. The molecule has 0 bridgehead atoms. The maximum Gasteiger partial charge on any atom is 0.339 e. The lowest BCUT2D eigenvalue weighted by Gasteiger charge is -2.23. The minimum atomic E-state index is -1.16. The third-order valence-electron chi connectivity index (χ3n) is 2.61. The Bertz CT molecular complexity index is 409. The number of aromatic hydroxyl groups is 1. The molecule has 1 aliphatic heterocycles. The van der Waals surface area contributed by atoms with Gasteiger partial charge in [0.25, 0.3) is 0 Å². The summed E-state index contributed by atoms with van der Waals surface area (Å²) >= 11 is 0. The van der Waals surface area contributed by atoms with E-state index in [1.165, 1.54) is 18.2 Å². The quantitative estimate of drug-likeness (QED) is 0.842. The van der Waals surface area contributed by atoms with Crippen LogP contribution in [0, 0.1) is 0 Å². The fourth-order valence-electron chi connectivity index (χ4n) is 1.72. The predicted octanol–water partition coefficient (Wildman–Crippen LogP) is 2.00. The number of carboxylic acids is 1. The lowest BCUT2D eigenvalue weighted by Crippen LogP contribution is -2.24. The van der Waals surface area contributed by atoms with Gasteiger partial charge in [0, 0.05) is 12.5 Å². The second-order valence-electron chi connectivity index (χ2n) is 3.90. The standard InChI is InChI=1S/C12H14O5/c13-10-7-8(4-5-9(10)12(14)15)17-11-3-1-2-6-16-11/h4-5,7,11,13H,1-3,6H2,(H,14,15). The molecule has 1 saturated heterocycles. The minimum Gasteiger partial charge on any atom is -0.507 e. The summed E-state index contributed by atoms with van der Waals surface area (Å²) in [6.07, 6.45) is 2.58. The molecule has 2 N–H and O–H groups in total. The predicted molar refractivity (Wildman–Crippen MR) is 59.3 cm³/mol. The van der Waals surface area contributed by atoms with Crippen LogP contribution in [0.15, 0.2) is 18.2 Å². The first-order chi connectivity index (χ1) is 8.16.